The zero-order chi connectivity index (χ0) is 25.4. The highest BCUT2D eigenvalue weighted by Crippen LogP contribution is 2.31. The molecular weight excluding hydrogens is 499 g/mol. The number of hydrogen-bond donors (Lipinski definition) is 0. The molecule has 0 aliphatic carbocycles. The molecule has 0 spiro atoms. The van der Waals surface area contributed by atoms with E-state index in [-0.39, 0.29) is 15.3 Å². The summed E-state index contributed by atoms with van der Waals surface area (Å²) < 4.78 is 43.3. The van der Waals surface area contributed by atoms with E-state index < -0.39 is 26.0 Å². The maximum absolute atomic E-state index is 15.3. The Morgan fingerprint density at radius 3 is 2.42 bits per heavy atom. The standard InChI is InChI=1S/C28H26ClFN2O3S/c1-31-18-27(36(34,35)22-9-5-8-21(29)15-22)28(33)23-16-24(30)26(17-25(23)31)32-12-10-20(11-13-32)14-19-6-3-2-4-7-19/h2-9,15-18,20H,10-14H2,1H3. The molecule has 0 unspecified atom stereocenters. The van der Waals surface area contributed by atoms with Crippen LogP contribution in [0.1, 0.15) is 18.4 Å². The zero-order valence-electron chi connectivity index (χ0n) is 19.8. The van der Waals surface area contributed by atoms with E-state index in [1.807, 2.05) is 23.1 Å². The quantitative estimate of drug-likeness (QED) is 0.340. The average molecular weight is 525 g/mol. The number of sulfone groups is 1. The van der Waals surface area contributed by atoms with Crippen LogP contribution >= 0.6 is 11.6 Å². The second-order valence-corrected chi connectivity index (χ2v) is 11.7. The molecule has 3 aromatic carbocycles. The van der Waals surface area contributed by atoms with E-state index in [1.165, 1.54) is 36.0 Å². The lowest BCUT2D eigenvalue weighted by molar-refractivity contribution is 0.401. The third-order valence-electron chi connectivity index (χ3n) is 6.94. The first-order valence-corrected chi connectivity index (χ1v) is 13.7. The van der Waals surface area contributed by atoms with Gasteiger partial charge in [0.1, 0.15) is 10.7 Å². The maximum Gasteiger partial charge on any atom is 0.211 e. The van der Waals surface area contributed by atoms with Crippen molar-refractivity contribution in [2.45, 2.75) is 29.1 Å². The highest BCUT2D eigenvalue weighted by molar-refractivity contribution is 7.91. The van der Waals surface area contributed by atoms with Crippen molar-refractivity contribution in [2.75, 3.05) is 18.0 Å². The second kappa shape index (κ2) is 9.71. The topological polar surface area (TPSA) is 59.4 Å². The number of piperidine rings is 1. The van der Waals surface area contributed by atoms with Crippen molar-refractivity contribution in [2.24, 2.45) is 13.0 Å². The lowest BCUT2D eigenvalue weighted by Crippen LogP contribution is -2.35. The molecule has 5 nitrogen and oxygen atoms in total. The molecule has 8 heteroatoms. The summed E-state index contributed by atoms with van der Waals surface area (Å²) in [5.74, 6) is 0.00851. The van der Waals surface area contributed by atoms with Crippen molar-refractivity contribution < 1.29 is 12.8 Å². The summed E-state index contributed by atoms with van der Waals surface area (Å²) in [5.41, 5.74) is 1.50. The summed E-state index contributed by atoms with van der Waals surface area (Å²) in [7, 11) is -2.47. The van der Waals surface area contributed by atoms with Crippen LogP contribution in [0.15, 0.2) is 87.5 Å². The Balaban J connectivity index is 1.45. The summed E-state index contributed by atoms with van der Waals surface area (Å²) >= 11 is 5.96. The fourth-order valence-corrected chi connectivity index (χ4v) is 6.68. The molecule has 186 valence electrons. The van der Waals surface area contributed by atoms with Crippen LogP contribution in [-0.2, 0) is 23.3 Å². The van der Waals surface area contributed by atoms with E-state index in [2.05, 4.69) is 12.1 Å². The summed E-state index contributed by atoms with van der Waals surface area (Å²) in [6.07, 6.45) is 4.20. The van der Waals surface area contributed by atoms with E-state index in [0.29, 0.717) is 17.1 Å². The SMILES string of the molecule is Cn1cc(S(=O)(=O)c2cccc(Cl)c2)c(=O)c2cc(F)c(N3CCC(Cc4ccccc4)CC3)cc21. The van der Waals surface area contributed by atoms with Gasteiger partial charge in [-0.05, 0) is 61.1 Å². The first-order valence-electron chi connectivity index (χ1n) is 11.9. The molecule has 0 N–H and O–H groups in total. The highest BCUT2D eigenvalue weighted by atomic mass is 35.5. The van der Waals surface area contributed by atoms with Gasteiger partial charge in [0.15, 0.2) is 0 Å². The molecule has 1 saturated heterocycles. The van der Waals surface area contributed by atoms with Crippen molar-refractivity contribution in [3.05, 3.63) is 99.6 Å². The van der Waals surface area contributed by atoms with Gasteiger partial charge in [0, 0.05) is 31.4 Å². The number of aromatic nitrogens is 1. The Morgan fingerprint density at radius 2 is 1.72 bits per heavy atom. The predicted octanol–water partition coefficient (Wildman–Crippen LogP) is 5.62. The van der Waals surface area contributed by atoms with Crippen LogP contribution in [0.3, 0.4) is 0 Å². The van der Waals surface area contributed by atoms with E-state index in [9.17, 15) is 13.2 Å². The number of halogens is 2. The molecule has 1 aliphatic rings. The predicted molar refractivity (Wildman–Crippen MR) is 141 cm³/mol. The van der Waals surface area contributed by atoms with Gasteiger partial charge in [-0.2, -0.15) is 0 Å². The van der Waals surface area contributed by atoms with E-state index in [0.717, 1.165) is 32.4 Å². The van der Waals surface area contributed by atoms with Gasteiger partial charge in [-0.3, -0.25) is 4.79 Å². The first-order chi connectivity index (χ1) is 17.2. The first kappa shape index (κ1) is 24.5. The summed E-state index contributed by atoms with van der Waals surface area (Å²) in [5, 5.41) is 0.276. The maximum atomic E-state index is 15.3. The van der Waals surface area contributed by atoms with Gasteiger partial charge in [0.2, 0.25) is 15.3 Å². The third-order valence-corrected chi connectivity index (χ3v) is 8.92. The van der Waals surface area contributed by atoms with Gasteiger partial charge in [-0.15, -0.1) is 0 Å². The fourth-order valence-electron chi connectivity index (χ4n) is 4.98. The number of rotatable bonds is 5. The molecule has 1 aromatic heterocycles. The minimum absolute atomic E-state index is 0.0285. The molecule has 2 heterocycles. The number of fused-ring (bicyclic) bond motifs is 1. The Labute approximate surface area is 214 Å². The number of pyridine rings is 1. The van der Waals surface area contributed by atoms with Crippen molar-refractivity contribution in [3.8, 4) is 0 Å². The molecule has 0 saturated carbocycles. The van der Waals surface area contributed by atoms with Crippen LogP contribution in [-0.4, -0.2) is 26.1 Å². The smallest absolute Gasteiger partial charge is 0.211 e. The highest BCUT2D eigenvalue weighted by Gasteiger charge is 2.26. The third kappa shape index (κ3) is 4.65. The van der Waals surface area contributed by atoms with E-state index in [4.69, 9.17) is 11.6 Å². The molecule has 1 fully saturated rings. The van der Waals surface area contributed by atoms with Crippen LogP contribution in [0.25, 0.3) is 10.9 Å². The Kier molecular flexibility index (Phi) is 6.62. The summed E-state index contributed by atoms with van der Waals surface area (Å²) in [6.45, 7) is 1.43. The van der Waals surface area contributed by atoms with Crippen LogP contribution in [0.4, 0.5) is 10.1 Å². The average Bonchev–Trinajstić information content (AvgIpc) is 2.87. The van der Waals surface area contributed by atoms with Gasteiger partial charge < -0.3 is 9.47 Å². The van der Waals surface area contributed by atoms with Gasteiger partial charge >= 0.3 is 0 Å². The molecule has 0 atom stereocenters. The van der Waals surface area contributed by atoms with Crippen molar-refractivity contribution >= 4 is 38.0 Å². The Bertz CT molecular complexity index is 1590. The fraction of sp³-hybridized carbons (Fsp3) is 0.250. The number of nitrogens with zero attached hydrogens (tertiary/aromatic N) is 2. The Hall–Kier alpha value is -3.16. The molecule has 36 heavy (non-hydrogen) atoms. The molecule has 4 aromatic rings. The monoisotopic (exact) mass is 524 g/mol. The van der Waals surface area contributed by atoms with Crippen LogP contribution in [0, 0.1) is 11.7 Å². The van der Waals surface area contributed by atoms with Crippen LogP contribution in [0.2, 0.25) is 5.02 Å². The molecule has 0 radical (unpaired) electrons. The normalized spacial score (nSPS) is 14.9. The Morgan fingerprint density at radius 1 is 1.00 bits per heavy atom. The minimum Gasteiger partial charge on any atom is -0.369 e. The molecule has 1 aliphatic heterocycles. The van der Waals surface area contributed by atoms with Gasteiger partial charge in [-0.1, -0.05) is 48.0 Å². The summed E-state index contributed by atoms with van der Waals surface area (Å²) in [4.78, 5) is 14.8. The van der Waals surface area contributed by atoms with Crippen molar-refractivity contribution in [3.63, 3.8) is 0 Å². The zero-order valence-corrected chi connectivity index (χ0v) is 21.4. The van der Waals surface area contributed by atoms with Gasteiger partial charge in [-0.25, -0.2) is 12.8 Å². The largest absolute Gasteiger partial charge is 0.369 e. The van der Waals surface area contributed by atoms with Gasteiger partial charge in [0.05, 0.1) is 21.5 Å². The van der Waals surface area contributed by atoms with Crippen LogP contribution < -0.4 is 10.3 Å². The molecule has 0 amide bonds. The van der Waals surface area contributed by atoms with Gasteiger partial charge in [0.25, 0.3) is 0 Å². The molecular formula is C28H26ClFN2O3S. The van der Waals surface area contributed by atoms with Crippen molar-refractivity contribution in [1.82, 2.24) is 4.57 Å². The van der Waals surface area contributed by atoms with Crippen molar-refractivity contribution in [1.29, 1.82) is 0 Å². The minimum atomic E-state index is -4.13. The molecule has 0 bridgehead atoms. The lowest BCUT2D eigenvalue weighted by Gasteiger charge is -2.34. The second-order valence-electron chi connectivity index (χ2n) is 9.34. The number of aryl methyl sites for hydroxylation is 1. The number of anilines is 1. The summed E-state index contributed by atoms with van der Waals surface area (Å²) in [6, 6.07) is 18.9. The number of hydrogen-bond acceptors (Lipinski definition) is 4. The van der Waals surface area contributed by atoms with Crippen LogP contribution in [0.5, 0.6) is 0 Å². The number of benzene rings is 3. The lowest BCUT2D eigenvalue weighted by atomic mass is 9.90. The van der Waals surface area contributed by atoms with E-state index in [1.54, 1.807) is 23.7 Å². The van der Waals surface area contributed by atoms with E-state index >= 15 is 4.39 Å². The molecule has 5 rings (SSSR count).